The van der Waals surface area contributed by atoms with E-state index in [1.54, 1.807) is 11.1 Å². The van der Waals surface area contributed by atoms with E-state index in [4.69, 9.17) is 28.9 Å². The van der Waals surface area contributed by atoms with Crippen LogP contribution in [0.3, 0.4) is 0 Å². The van der Waals surface area contributed by atoms with Crippen LogP contribution in [-0.4, -0.2) is 77.6 Å². The lowest BCUT2D eigenvalue weighted by molar-refractivity contribution is 0.0292. The summed E-state index contributed by atoms with van der Waals surface area (Å²) in [4.78, 5) is 41.5. The molecular formula is C35H43N5O6. The first-order valence-electron chi connectivity index (χ1n) is 15.9. The van der Waals surface area contributed by atoms with Gasteiger partial charge < -0.3 is 28.7 Å². The van der Waals surface area contributed by atoms with Crippen molar-refractivity contribution in [3.8, 4) is 16.9 Å². The Morgan fingerprint density at radius 1 is 0.848 bits per heavy atom. The number of pyridine rings is 2. The number of ether oxygens (including phenoxy) is 4. The van der Waals surface area contributed by atoms with Gasteiger partial charge in [0.1, 0.15) is 23.6 Å². The van der Waals surface area contributed by atoms with E-state index in [0.717, 1.165) is 47.6 Å². The third-order valence-corrected chi connectivity index (χ3v) is 8.10. The van der Waals surface area contributed by atoms with Crippen LogP contribution in [0.15, 0.2) is 48.8 Å². The van der Waals surface area contributed by atoms with Gasteiger partial charge in [0.15, 0.2) is 5.82 Å². The molecule has 11 nitrogen and oxygen atoms in total. The van der Waals surface area contributed by atoms with Gasteiger partial charge in [-0.25, -0.2) is 19.5 Å². The van der Waals surface area contributed by atoms with Crippen LogP contribution in [0.1, 0.15) is 65.1 Å². The van der Waals surface area contributed by atoms with Gasteiger partial charge in [-0.05, 0) is 77.8 Å². The summed E-state index contributed by atoms with van der Waals surface area (Å²) >= 11 is 0. The number of amides is 2. The summed E-state index contributed by atoms with van der Waals surface area (Å²) in [7, 11) is 0. The number of nitrogens with zero attached hydrogens (tertiary/aromatic N) is 5. The average Bonchev–Trinajstić information content (AvgIpc) is 3.44. The zero-order chi connectivity index (χ0) is 32.6. The Morgan fingerprint density at radius 2 is 1.57 bits per heavy atom. The van der Waals surface area contributed by atoms with E-state index >= 15 is 0 Å². The van der Waals surface area contributed by atoms with Crippen LogP contribution in [0.4, 0.5) is 26.8 Å². The van der Waals surface area contributed by atoms with Gasteiger partial charge in [-0.15, -0.1) is 0 Å². The number of benzene rings is 1. The van der Waals surface area contributed by atoms with Crippen LogP contribution in [0, 0.1) is 0 Å². The maximum atomic E-state index is 13.9. The minimum absolute atomic E-state index is 0.132. The van der Waals surface area contributed by atoms with Gasteiger partial charge in [-0.3, -0.25) is 4.98 Å². The molecule has 1 aromatic carbocycles. The fourth-order valence-corrected chi connectivity index (χ4v) is 5.96. The molecule has 6 rings (SSSR count). The van der Waals surface area contributed by atoms with E-state index in [-0.39, 0.29) is 18.6 Å². The Kier molecular flexibility index (Phi) is 8.54. The van der Waals surface area contributed by atoms with Gasteiger partial charge in [0.25, 0.3) is 0 Å². The summed E-state index contributed by atoms with van der Waals surface area (Å²) in [6.45, 7) is 15.4. The van der Waals surface area contributed by atoms with Gasteiger partial charge in [0.05, 0.1) is 24.5 Å². The summed E-state index contributed by atoms with van der Waals surface area (Å²) < 4.78 is 23.4. The molecule has 0 radical (unpaired) electrons. The molecule has 3 aliphatic heterocycles. The minimum atomic E-state index is -0.719. The summed E-state index contributed by atoms with van der Waals surface area (Å²) in [5.41, 5.74) is 3.76. The van der Waals surface area contributed by atoms with Crippen molar-refractivity contribution in [3.63, 3.8) is 0 Å². The molecule has 0 aliphatic carbocycles. The molecule has 0 N–H and O–H groups in total. The monoisotopic (exact) mass is 629 g/mol. The fourth-order valence-electron chi connectivity index (χ4n) is 5.96. The molecule has 0 spiro atoms. The number of morpholine rings is 1. The van der Waals surface area contributed by atoms with Gasteiger partial charge in [-0.1, -0.05) is 12.1 Å². The third-order valence-electron chi connectivity index (χ3n) is 8.10. The molecule has 3 aromatic rings. The van der Waals surface area contributed by atoms with Crippen molar-refractivity contribution < 1.29 is 28.5 Å². The van der Waals surface area contributed by atoms with Gasteiger partial charge in [-0.2, -0.15) is 0 Å². The predicted molar refractivity (Wildman–Crippen MR) is 175 cm³/mol. The largest absolute Gasteiger partial charge is 0.486 e. The SMILES string of the molecule is CC(C)(C)OC(=O)N1CCC(c2ccc(-c3ccc4c(c3)N(C(=O)OC(C)(C)C)c3nccc(N5CCOCC5)c3CO4)cn2)C1. The number of aromatic nitrogens is 2. The summed E-state index contributed by atoms with van der Waals surface area (Å²) in [5.74, 6) is 1.17. The van der Waals surface area contributed by atoms with E-state index < -0.39 is 17.3 Å². The van der Waals surface area contributed by atoms with Crippen LogP contribution in [-0.2, 0) is 20.8 Å². The Hall–Kier alpha value is -4.38. The number of hydrogen-bond acceptors (Lipinski definition) is 9. The normalized spacial score (nSPS) is 18.3. The third kappa shape index (κ3) is 6.89. The maximum Gasteiger partial charge on any atom is 0.420 e. The number of rotatable bonds is 3. The quantitative estimate of drug-likeness (QED) is 0.314. The molecule has 11 heteroatoms. The second kappa shape index (κ2) is 12.4. The number of likely N-dealkylation sites (tertiary alicyclic amines) is 1. The lowest BCUT2D eigenvalue weighted by Gasteiger charge is -2.32. The lowest BCUT2D eigenvalue weighted by atomic mass is 10.0. The van der Waals surface area contributed by atoms with Crippen molar-refractivity contribution in [2.24, 2.45) is 0 Å². The van der Waals surface area contributed by atoms with Crippen molar-refractivity contribution in [1.82, 2.24) is 14.9 Å². The molecule has 1 unspecified atom stereocenters. The molecule has 2 saturated heterocycles. The highest BCUT2D eigenvalue weighted by atomic mass is 16.6. The van der Waals surface area contributed by atoms with Crippen molar-refractivity contribution in [1.29, 1.82) is 0 Å². The molecule has 1 atom stereocenters. The highest BCUT2D eigenvalue weighted by molar-refractivity contribution is 5.99. The van der Waals surface area contributed by atoms with E-state index in [2.05, 4.69) is 4.90 Å². The Morgan fingerprint density at radius 3 is 2.26 bits per heavy atom. The predicted octanol–water partition coefficient (Wildman–Crippen LogP) is 6.67. The van der Waals surface area contributed by atoms with Crippen molar-refractivity contribution in [3.05, 3.63) is 60.0 Å². The lowest BCUT2D eigenvalue weighted by Crippen LogP contribution is -2.38. The van der Waals surface area contributed by atoms with Gasteiger partial charge >= 0.3 is 12.2 Å². The highest BCUT2D eigenvalue weighted by Gasteiger charge is 2.35. The Bertz CT molecular complexity index is 1590. The van der Waals surface area contributed by atoms with E-state index in [0.29, 0.717) is 43.6 Å². The molecule has 46 heavy (non-hydrogen) atoms. The van der Waals surface area contributed by atoms with Crippen LogP contribution >= 0.6 is 0 Å². The minimum Gasteiger partial charge on any atom is -0.486 e. The first kappa shape index (κ1) is 31.6. The van der Waals surface area contributed by atoms with Crippen LogP contribution < -0.4 is 14.5 Å². The number of carbonyl (C=O) groups excluding carboxylic acids is 2. The van der Waals surface area contributed by atoms with Crippen molar-refractivity contribution in [2.75, 3.05) is 49.2 Å². The highest BCUT2D eigenvalue weighted by Crippen LogP contribution is 2.44. The number of anilines is 3. The van der Waals surface area contributed by atoms with Crippen LogP contribution in [0.2, 0.25) is 0 Å². The Labute approximate surface area is 270 Å². The molecule has 2 amide bonds. The molecule has 0 saturated carbocycles. The first-order chi connectivity index (χ1) is 21.9. The van der Waals surface area contributed by atoms with Gasteiger partial charge in [0, 0.05) is 61.4 Å². The van der Waals surface area contributed by atoms with Crippen molar-refractivity contribution in [2.45, 2.75) is 71.7 Å². The fraction of sp³-hybridized carbons (Fsp3) is 0.486. The molecule has 2 aromatic heterocycles. The summed E-state index contributed by atoms with van der Waals surface area (Å²) in [5, 5.41) is 0. The standard InChI is InChI=1S/C35H43N5O6/c1-34(2,3)45-32(41)39-14-12-25(21-39)27-9-7-24(20-37-27)23-8-10-30-29(19-23)40(33(42)46-35(4,5)6)31-26(22-44-30)28(11-13-36-31)38-15-17-43-18-16-38/h7-11,13,19-20,25H,12,14-18,21-22H2,1-6H3. The second-order valence-electron chi connectivity index (χ2n) is 13.9. The Balaban J connectivity index is 1.30. The van der Waals surface area contributed by atoms with Gasteiger partial charge in [0.2, 0.25) is 0 Å². The summed E-state index contributed by atoms with van der Waals surface area (Å²) in [6.07, 6.45) is 3.57. The average molecular weight is 630 g/mol. The summed E-state index contributed by atoms with van der Waals surface area (Å²) in [6, 6.07) is 11.8. The van der Waals surface area contributed by atoms with E-state index in [1.807, 2.05) is 84.1 Å². The second-order valence-corrected chi connectivity index (χ2v) is 13.9. The molecule has 5 heterocycles. The number of fused-ring (bicyclic) bond motifs is 2. The number of hydrogen-bond donors (Lipinski definition) is 0. The van der Waals surface area contributed by atoms with Crippen molar-refractivity contribution >= 4 is 29.4 Å². The van der Waals surface area contributed by atoms with E-state index in [1.165, 1.54) is 4.90 Å². The number of carbonyl (C=O) groups is 2. The molecule has 244 valence electrons. The smallest absolute Gasteiger partial charge is 0.420 e. The van der Waals surface area contributed by atoms with E-state index in [9.17, 15) is 9.59 Å². The topological polar surface area (TPSA) is 107 Å². The first-order valence-corrected chi connectivity index (χ1v) is 15.9. The zero-order valence-electron chi connectivity index (χ0n) is 27.5. The maximum absolute atomic E-state index is 13.9. The molecule has 3 aliphatic rings. The molecule has 0 bridgehead atoms. The molecule has 2 fully saturated rings. The molecular weight excluding hydrogens is 586 g/mol. The van der Waals surface area contributed by atoms with Crippen LogP contribution in [0.5, 0.6) is 5.75 Å². The zero-order valence-corrected chi connectivity index (χ0v) is 27.5. The van der Waals surface area contributed by atoms with Crippen LogP contribution in [0.25, 0.3) is 11.1 Å².